The van der Waals surface area contributed by atoms with E-state index in [1.807, 2.05) is 6.07 Å². The number of para-hydroxylation sites is 3. The first kappa shape index (κ1) is 30.0. The van der Waals surface area contributed by atoms with Gasteiger partial charge in [-0.1, -0.05) is 140 Å². The molecule has 11 rings (SSSR count). The third-order valence-electron chi connectivity index (χ3n) is 11.5. The number of furan rings is 1. The highest BCUT2D eigenvalue weighted by atomic mass is 16.3. The first-order valence-electron chi connectivity index (χ1n) is 18.6. The van der Waals surface area contributed by atoms with E-state index >= 15 is 0 Å². The zero-order chi connectivity index (χ0) is 35.0. The van der Waals surface area contributed by atoms with Crippen LogP contribution in [0.25, 0.3) is 99.7 Å². The van der Waals surface area contributed by atoms with Crippen LogP contribution in [0.5, 0.6) is 0 Å². The van der Waals surface area contributed by atoms with E-state index in [0.29, 0.717) is 0 Å². The smallest absolute Gasteiger partial charge is 0.143 e. The van der Waals surface area contributed by atoms with Gasteiger partial charge in [-0.05, 0) is 105 Å². The topological polar surface area (TPSA) is 18.1 Å². The summed E-state index contributed by atoms with van der Waals surface area (Å²) in [6.45, 7) is 2.31. The summed E-state index contributed by atoms with van der Waals surface area (Å²) in [6.07, 6.45) is 6.82. The van der Waals surface area contributed by atoms with Crippen LogP contribution in [0.3, 0.4) is 0 Å². The number of fused-ring (bicyclic) bond motifs is 8. The van der Waals surface area contributed by atoms with Gasteiger partial charge in [0.05, 0.1) is 11.0 Å². The second kappa shape index (κ2) is 11.7. The van der Waals surface area contributed by atoms with E-state index < -0.39 is 0 Å². The molecule has 1 aliphatic carbocycles. The molecule has 2 nitrogen and oxygen atoms in total. The monoisotopic (exact) mass is 677 g/mol. The second-order valence-corrected chi connectivity index (χ2v) is 14.3. The Morgan fingerprint density at radius 2 is 1.19 bits per heavy atom. The van der Waals surface area contributed by atoms with E-state index in [0.717, 1.165) is 45.9 Å². The number of hydrogen-bond acceptors (Lipinski definition) is 1. The van der Waals surface area contributed by atoms with Crippen molar-refractivity contribution in [3.63, 3.8) is 0 Å². The molecule has 0 radical (unpaired) electrons. The van der Waals surface area contributed by atoms with Gasteiger partial charge in [-0.2, -0.15) is 0 Å². The van der Waals surface area contributed by atoms with Crippen molar-refractivity contribution in [1.82, 2.24) is 4.57 Å². The molecule has 53 heavy (non-hydrogen) atoms. The molecular formula is C51H35NO. The van der Waals surface area contributed by atoms with Crippen LogP contribution in [-0.2, 0) is 6.42 Å². The Balaban J connectivity index is 1.14. The Bertz CT molecular complexity index is 3120. The van der Waals surface area contributed by atoms with Crippen LogP contribution < -0.4 is 0 Å². The molecule has 0 saturated heterocycles. The molecule has 1 aliphatic rings. The fourth-order valence-corrected chi connectivity index (χ4v) is 9.12. The minimum atomic E-state index is 0.919. The van der Waals surface area contributed by atoms with E-state index in [9.17, 15) is 0 Å². The number of allylic oxidation sites excluding steroid dienone is 1. The Kier molecular flexibility index (Phi) is 6.63. The standard InChI is InChI=1S/C51H35NO/c1-32-35(50-41-21-7-5-19-39(41)49(33-15-3-2-4-16-33)40-20-6-8-22-42(40)50)23-14-27-45(32)52-46-26-11-9-17-37(46)44-31-34(29-30-47(44)52)36-24-13-25-43-38-18-10-12-28-48(38)53-51(36)43/h2-5,7-19,21-31H,6,20H2,1H3. The first-order chi connectivity index (χ1) is 26.2. The summed E-state index contributed by atoms with van der Waals surface area (Å²) in [6, 6.07) is 57.4. The van der Waals surface area contributed by atoms with Crippen LogP contribution in [0.1, 0.15) is 23.1 Å². The molecule has 2 heteroatoms. The maximum absolute atomic E-state index is 6.48. The molecule has 0 unspecified atom stereocenters. The zero-order valence-corrected chi connectivity index (χ0v) is 29.4. The van der Waals surface area contributed by atoms with Gasteiger partial charge in [0.25, 0.3) is 0 Å². The van der Waals surface area contributed by atoms with E-state index in [1.54, 1.807) is 0 Å². The Hall–Kier alpha value is -6.64. The fourth-order valence-electron chi connectivity index (χ4n) is 9.12. The maximum Gasteiger partial charge on any atom is 0.143 e. The van der Waals surface area contributed by atoms with Crippen LogP contribution in [0.4, 0.5) is 0 Å². The van der Waals surface area contributed by atoms with Crippen LogP contribution in [0, 0.1) is 6.92 Å². The van der Waals surface area contributed by atoms with E-state index in [2.05, 4.69) is 175 Å². The molecule has 0 saturated carbocycles. The van der Waals surface area contributed by atoms with Crippen molar-refractivity contribution >= 4 is 60.6 Å². The Labute approximate surface area is 307 Å². The van der Waals surface area contributed by atoms with Crippen molar-refractivity contribution in [2.75, 3.05) is 0 Å². The van der Waals surface area contributed by atoms with E-state index in [-0.39, 0.29) is 0 Å². The van der Waals surface area contributed by atoms with E-state index in [1.165, 1.54) is 77.2 Å². The molecule has 2 heterocycles. The molecule has 0 amide bonds. The van der Waals surface area contributed by atoms with Gasteiger partial charge in [-0.25, -0.2) is 0 Å². The van der Waals surface area contributed by atoms with Crippen LogP contribution in [-0.4, -0.2) is 4.57 Å². The summed E-state index contributed by atoms with van der Waals surface area (Å²) >= 11 is 0. The number of benzene rings is 8. The lowest BCUT2D eigenvalue weighted by Crippen LogP contribution is -2.04. The highest BCUT2D eigenvalue weighted by molar-refractivity contribution is 6.14. The van der Waals surface area contributed by atoms with Gasteiger partial charge in [0.2, 0.25) is 0 Å². The molecule has 0 aliphatic heterocycles. The van der Waals surface area contributed by atoms with Crippen molar-refractivity contribution in [2.45, 2.75) is 19.8 Å². The largest absolute Gasteiger partial charge is 0.455 e. The average Bonchev–Trinajstić information content (AvgIpc) is 3.76. The molecule has 2 aromatic heterocycles. The number of aromatic nitrogens is 1. The summed E-state index contributed by atoms with van der Waals surface area (Å²) in [7, 11) is 0. The second-order valence-electron chi connectivity index (χ2n) is 14.3. The van der Waals surface area contributed by atoms with Crippen molar-refractivity contribution in [3.05, 3.63) is 180 Å². The van der Waals surface area contributed by atoms with Gasteiger partial charge in [0, 0.05) is 32.8 Å². The van der Waals surface area contributed by atoms with Crippen LogP contribution in [0.2, 0.25) is 0 Å². The quantitative estimate of drug-likeness (QED) is 0.181. The highest BCUT2D eigenvalue weighted by Crippen LogP contribution is 2.47. The number of rotatable bonds is 4. The SMILES string of the molecule is Cc1c(-c2c3c(c(-c4ccccc4)c4ccccc24)CCC=C3)cccc1-n1c2ccccc2c2cc(-c3cccc4c3oc3ccccc34)ccc21. The lowest BCUT2D eigenvalue weighted by Gasteiger charge is -2.25. The molecule has 10 aromatic rings. The van der Waals surface area contributed by atoms with E-state index in [4.69, 9.17) is 4.42 Å². The van der Waals surface area contributed by atoms with Gasteiger partial charge in [0.15, 0.2) is 0 Å². The van der Waals surface area contributed by atoms with Crippen molar-refractivity contribution in [3.8, 4) is 39.1 Å². The molecule has 8 aromatic carbocycles. The molecule has 0 atom stereocenters. The molecule has 0 fully saturated rings. The van der Waals surface area contributed by atoms with Crippen LogP contribution >= 0.6 is 0 Å². The minimum Gasteiger partial charge on any atom is -0.455 e. The summed E-state index contributed by atoms with van der Waals surface area (Å²) in [5.41, 5.74) is 17.0. The Morgan fingerprint density at radius 3 is 2.06 bits per heavy atom. The zero-order valence-electron chi connectivity index (χ0n) is 29.4. The lowest BCUT2D eigenvalue weighted by atomic mass is 9.79. The third kappa shape index (κ3) is 4.45. The minimum absolute atomic E-state index is 0.919. The predicted molar refractivity (Wildman–Crippen MR) is 224 cm³/mol. The van der Waals surface area contributed by atoms with Crippen molar-refractivity contribution < 1.29 is 4.42 Å². The molecule has 250 valence electrons. The highest BCUT2D eigenvalue weighted by Gasteiger charge is 2.24. The average molecular weight is 678 g/mol. The number of hydrogen-bond donors (Lipinski definition) is 0. The van der Waals surface area contributed by atoms with Crippen LogP contribution in [0.15, 0.2) is 168 Å². The van der Waals surface area contributed by atoms with Gasteiger partial charge >= 0.3 is 0 Å². The summed E-state index contributed by atoms with van der Waals surface area (Å²) in [5.74, 6) is 0. The van der Waals surface area contributed by atoms with Gasteiger partial charge in [0.1, 0.15) is 11.2 Å². The summed E-state index contributed by atoms with van der Waals surface area (Å²) in [4.78, 5) is 0. The lowest BCUT2D eigenvalue weighted by molar-refractivity contribution is 0.670. The van der Waals surface area contributed by atoms with Gasteiger partial charge in [-0.3, -0.25) is 0 Å². The predicted octanol–water partition coefficient (Wildman–Crippen LogP) is 14.1. The molecule has 0 N–H and O–H groups in total. The molecular weight excluding hydrogens is 643 g/mol. The van der Waals surface area contributed by atoms with Crippen molar-refractivity contribution in [2.24, 2.45) is 0 Å². The summed E-state index contributed by atoms with van der Waals surface area (Å²) < 4.78 is 8.95. The number of nitrogens with zero attached hydrogens (tertiary/aromatic N) is 1. The first-order valence-corrected chi connectivity index (χ1v) is 18.6. The normalized spacial score (nSPS) is 12.8. The fraction of sp³-hybridized carbons (Fsp3) is 0.0588. The third-order valence-corrected chi connectivity index (χ3v) is 11.5. The maximum atomic E-state index is 6.48. The summed E-state index contributed by atoms with van der Waals surface area (Å²) in [5, 5.41) is 7.38. The molecule has 0 spiro atoms. The van der Waals surface area contributed by atoms with Gasteiger partial charge in [-0.15, -0.1) is 0 Å². The van der Waals surface area contributed by atoms with Crippen molar-refractivity contribution in [1.29, 1.82) is 0 Å². The molecule has 0 bridgehead atoms. The Morgan fingerprint density at radius 1 is 0.509 bits per heavy atom. The van der Waals surface area contributed by atoms with Gasteiger partial charge < -0.3 is 8.98 Å².